The summed E-state index contributed by atoms with van der Waals surface area (Å²) in [4.78, 5) is 10.2. The van der Waals surface area contributed by atoms with Crippen molar-refractivity contribution in [2.75, 3.05) is 6.54 Å². The third-order valence-electron chi connectivity index (χ3n) is 1.32. The first-order chi connectivity index (χ1) is 4.54. The number of aliphatic hydroxyl groups is 1. The molecular formula is C6H14N2O2. The van der Waals surface area contributed by atoms with Crippen molar-refractivity contribution in [3.63, 3.8) is 0 Å². The summed E-state index contributed by atoms with van der Waals surface area (Å²) in [5.74, 6) is -0.410. The van der Waals surface area contributed by atoms with Crippen LogP contribution >= 0.6 is 0 Å². The maximum absolute atomic E-state index is 10.2. The Kier molecular flexibility index (Phi) is 3.99. The van der Waals surface area contributed by atoms with Crippen LogP contribution < -0.4 is 11.1 Å². The zero-order chi connectivity index (χ0) is 8.15. The van der Waals surface area contributed by atoms with Crippen LogP contribution in [0.5, 0.6) is 0 Å². The minimum absolute atomic E-state index is 0.0903. The number of hydrogen-bond acceptors (Lipinski definition) is 3. The van der Waals surface area contributed by atoms with Crippen LogP contribution in [0, 0.1) is 0 Å². The number of carbonyl (C=O) groups is 1. The van der Waals surface area contributed by atoms with Gasteiger partial charge in [0.1, 0.15) is 0 Å². The summed E-state index contributed by atoms with van der Waals surface area (Å²) in [6.45, 7) is 3.55. The third kappa shape index (κ3) is 4.29. The Morgan fingerprint density at radius 3 is 2.50 bits per heavy atom. The molecule has 0 aromatic carbocycles. The number of primary amides is 1. The normalized spacial score (nSPS) is 16.3. The van der Waals surface area contributed by atoms with Crippen molar-refractivity contribution >= 4 is 5.91 Å². The van der Waals surface area contributed by atoms with Crippen LogP contribution in [0.3, 0.4) is 0 Å². The van der Waals surface area contributed by atoms with Crippen LogP contribution in [-0.2, 0) is 4.79 Å². The summed E-state index contributed by atoms with van der Waals surface area (Å²) in [6.07, 6.45) is -0.459. The highest BCUT2D eigenvalue weighted by Gasteiger charge is 2.07. The third-order valence-corrected chi connectivity index (χ3v) is 1.32. The minimum atomic E-state index is -0.459. The number of carbonyl (C=O) groups excluding carboxylic acids is 1. The number of nitrogens with two attached hydrogens (primary N) is 1. The summed E-state index contributed by atoms with van der Waals surface area (Å²) in [6, 6.07) is -0.0903. The van der Waals surface area contributed by atoms with Crippen LogP contribution in [0.15, 0.2) is 0 Å². The molecule has 0 spiro atoms. The van der Waals surface area contributed by atoms with Gasteiger partial charge in [0, 0.05) is 6.04 Å². The zero-order valence-electron chi connectivity index (χ0n) is 6.29. The number of amides is 1. The molecule has 4 N–H and O–H groups in total. The molecule has 0 rings (SSSR count). The van der Waals surface area contributed by atoms with Crippen molar-refractivity contribution in [3.05, 3.63) is 0 Å². The quantitative estimate of drug-likeness (QED) is 0.468. The topological polar surface area (TPSA) is 75.3 Å². The Hall–Kier alpha value is -0.610. The largest absolute Gasteiger partial charge is 0.392 e. The lowest BCUT2D eigenvalue weighted by Gasteiger charge is -2.14. The fourth-order valence-electron chi connectivity index (χ4n) is 0.432. The lowest BCUT2D eigenvalue weighted by atomic mass is 10.2. The van der Waals surface area contributed by atoms with Gasteiger partial charge in [-0.1, -0.05) is 0 Å². The summed E-state index contributed by atoms with van der Waals surface area (Å²) < 4.78 is 0. The van der Waals surface area contributed by atoms with Crippen molar-refractivity contribution in [3.8, 4) is 0 Å². The van der Waals surface area contributed by atoms with Gasteiger partial charge < -0.3 is 16.2 Å². The van der Waals surface area contributed by atoms with Gasteiger partial charge in [0.25, 0.3) is 0 Å². The monoisotopic (exact) mass is 146 g/mol. The molecule has 0 bridgehead atoms. The van der Waals surface area contributed by atoms with E-state index in [0.717, 1.165) is 0 Å². The minimum Gasteiger partial charge on any atom is -0.392 e. The van der Waals surface area contributed by atoms with Crippen molar-refractivity contribution in [2.24, 2.45) is 5.73 Å². The Bertz CT molecular complexity index is 114. The summed E-state index contributed by atoms with van der Waals surface area (Å²) in [7, 11) is 0. The first-order valence-corrected chi connectivity index (χ1v) is 3.23. The summed E-state index contributed by atoms with van der Waals surface area (Å²) >= 11 is 0. The van der Waals surface area contributed by atoms with Gasteiger partial charge in [-0.15, -0.1) is 0 Å². The van der Waals surface area contributed by atoms with Gasteiger partial charge in [-0.2, -0.15) is 0 Å². The predicted octanol–water partition coefficient (Wildman–Crippen LogP) is -1.17. The van der Waals surface area contributed by atoms with E-state index >= 15 is 0 Å². The Morgan fingerprint density at radius 1 is 1.70 bits per heavy atom. The number of aliphatic hydroxyl groups excluding tert-OH is 1. The second-order valence-corrected chi connectivity index (χ2v) is 2.38. The first-order valence-electron chi connectivity index (χ1n) is 3.23. The first kappa shape index (κ1) is 9.39. The Labute approximate surface area is 60.4 Å². The summed E-state index contributed by atoms with van der Waals surface area (Å²) in [5.41, 5.74) is 4.86. The standard InChI is InChI=1S/C6H14N2O2/c1-4(5(2)9)8-3-6(7)10/h4-5,8-9H,3H2,1-2H3,(H2,7,10). The van der Waals surface area contributed by atoms with Crippen LogP contribution in [0.25, 0.3) is 0 Å². The van der Waals surface area contributed by atoms with Crippen LogP contribution in [0.4, 0.5) is 0 Å². The molecule has 0 fully saturated rings. The molecule has 0 aliphatic heterocycles. The smallest absolute Gasteiger partial charge is 0.231 e. The molecule has 0 aromatic heterocycles. The molecule has 0 radical (unpaired) electrons. The van der Waals surface area contributed by atoms with Gasteiger partial charge in [0.15, 0.2) is 0 Å². The molecule has 0 heterocycles. The van der Waals surface area contributed by atoms with E-state index in [0.29, 0.717) is 0 Å². The molecule has 4 heteroatoms. The van der Waals surface area contributed by atoms with Crippen LogP contribution in [0.2, 0.25) is 0 Å². The van der Waals surface area contributed by atoms with Crippen molar-refractivity contribution in [1.29, 1.82) is 0 Å². The molecular weight excluding hydrogens is 132 g/mol. The van der Waals surface area contributed by atoms with Crippen LogP contribution in [-0.4, -0.2) is 29.7 Å². The second kappa shape index (κ2) is 4.24. The Morgan fingerprint density at radius 2 is 2.20 bits per heavy atom. The van der Waals surface area contributed by atoms with Crippen molar-refractivity contribution < 1.29 is 9.90 Å². The van der Waals surface area contributed by atoms with E-state index < -0.39 is 12.0 Å². The fourth-order valence-corrected chi connectivity index (χ4v) is 0.432. The van der Waals surface area contributed by atoms with E-state index in [1.807, 2.05) is 0 Å². The zero-order valence-corrected chi connectivity index (χ0v) is 6.29. The SMILES string of the molecule is CC(O)C(C)NCC(N)=O. The van der Waals surface area contributed by atoms with E-state index in [9.17, 15) is 4.79 Å². The molecule has 1 amide bonds. The molecule has 4 nitrogen and oxygen atoms in total. The molecule has 0 aliphatic rings. The maximum atomic E-state index is 10.2. The molecule has 60 valence electrons. The van der Waals surface area contributed by atoms with Crippen molar-refractivity contribution in [2.45, 2.75) is 26.0 Å². The Balaban J connectivity index is 3.39. The number of hydrogen-bond donors (Lipinski definition) is 3. The lowest BCUT2D eigenvalue weighted by Crippen LogP contribution is -2.40. The number of rotatable bonds is 4. The molecule has 0 aliphatic carbocycles. The number of nitrogens with one attached hydrogen (secondary N) is 1. The molecule has 0 saturated carbocycles. The highest BCUT2D eigenvalue weighted by atomic mass is 16.3. The van der Waals surface area contributed by atoms with Gasteiger partial charge in [-0.25, -0.2) is 0 Å². The van der Waals surface area contributed by atoms with E-state index in [1.54, 1.807) is 13.8 Å². The van der Waals surface area contributed by atoms with Gasteiger partial charge in [-0.05, 0) is 13.8 Å². The van der Waals surface area contributed by atoms with E-state index in [2.05, 4.69) is 5.32 Å². The van der Waals surface area contributed by atoms with E-state index in [1.165, 1.54) is 0 Å². The highest BCUT2D eigenvalue weighted by molar-refractivity contribution is 5.75. The fraction of sp³-hybridized carbons (Fsp3) is 0.833. The van der Waals surface area contributed by atoms with Gasteiger partial charge in [0.05, 0.1) is 12.6 Å². The highest BCUT2D eigenvalue weighted by Crippen LogP contribution is 1.88. The lowest BCUT2D eigenvalue weighted by molar-refractivity contribution is -0.117. The van der Waals surface area contributed by atoms with Crippen molar-refractivity contribution in [1.82, 2.24) is 5.32 Å². The molecule has 10 heavy (non-hydrogen) atoms. The average Bonchev–Trinajstić information content (AvgIpc) is 1.82. The molecule has 2 atom stereocenters. The van der Waals surface area contributed by atoms with Crippen LogP contribution in [0.1, 0.15) is 13.8 Å². The second-order valence-electron chi connectivity index (χ2n) is 2.38. The van der Waals surface area contributed by atoms with Gasteiger partial charge >= 0.3 is 0 Å². The van der Waals surface area contributed by atoms with E-state index in [-0.39, 0.29) is 12.6 Å². The maximum Gasteiger partial charge on any atom is 0.231 e. The van der Waals surface area contributed by atoms with Gasteiger partial charge in [0.2, 0.25) is 5.91 Å². The molecule has 0 saturated heterocycles. The predicted molar refractivity (Wildman–Crippen MR) is 38.3 cm³/mol. The van der Waals surface area contributed by atoms with E-state index in [4.69, 9.17) is 10.8 Å². The average molecular weight is 146 g/mol. The summed E-state index contributed by atoms with van der Waals surface area (Å²) in [5, 5.41) is 11.7. The molecule has 0 aromatic rings. The molecule has 2 unspecified atom stereocenters. The van der Waals surface area contributed by atoms with Gasteiger partial charge in [-0.3, -0.25) is 4.79 Å².